The second-order valence-corrected chi connectivity index (χ2v) is 5.18. The number of carbonyl (C=O) groups excluding carboxylic acids is 1. The number of halogens is 2. The van der Waals surface area contributed by atoms with Gasteiger partial charge >= 0.3 is 5.97 Å². The minimum atomic E-state index is -1.01. The molecular formula is C14H15F2NO3. The maximum absolute atomic E-state index is 13.3. The maximum Gasteiger partial charge on any atom is 0.308 e. The zero-order chi connectivity index (χ0) is 15.0. The summed E-state index contributed by atoms with van der Waals surface area (Å²) in [5.74, 6) is -4.02. The van der Waals surface area contributed by atoms with E-state index in [0.29, 0.717) is 6.07 Å². The molecule has 3 unspecified atom stereocenters. The van der Waals surface area contributed by atoms with Gasteiger partial charge in [-0.3, -0.25) is 9.59 Å². The maximum atomic E-state index is 13.3. The Morgan fingerprint density at radius 1 is 1.25 bits per heavy atom. The third-order valence-corrected chi connectivity index (χ3v) is 3.72. The highest BCUT2D eigenvalue weighted by Gasteiger charge is 2.42. The van der Waals surface area contributed by atoms with Crippen LogP contribution in [-0.4, -0.2) is 23.0 Å². The molecule has 1 heterocycles. The number of rotatable bonds is 2. The van der Waals surface area contributed by atoms with Crippen LogP contribution in [0.3, 0.4) is 0 Å². The van der Waals surface area contributed by atoms with E-state index in [0.717, 1.165) is 12.1 Å². The van der Waals surface area contributed by atoms with Gasteiger partial charge in [0.1, 0.15) is 11.6 Å². The lowest BCUT2D eigenvalue weighted by Gasteiger charge is -2.40. The third-order valence-electron chi connectivity index (χ3n) is 3.72. The van der Waals surface area contributed by atoms with E-state index < -0.39 is 29.6 Å². The molecule has 20 heavy (non-hydrogen) atoms. The van der Waals surface area contributed by atoms with Crippen LogP contribution in [0.5, 0.6) is 0 Å². The van der Waals surface area contributed by atoms with E-state index in [1.165, 1.54) is 4.90 Å². The Morgan fingerprint density at radius 2 is 1.80 bits per heavy atom. The lowest BCUT2D eigenvalue weighted by molar-refractivity contribution is -0.146. The van der Waals surface area contributed by atoms with Crippen LogP contribution in [0, 0.1) is 23.5 Å². The predicted molar refractivity (Wildman–Crippen MR) is 68.2 cm³/mol. The van der Waals surface area contributed by atoms with Crippen LogP contribution in [0.2, 0.25) is 0 Å². The number of nitrogens with zero attached hydrogens (tertiary/aromatic N) is 1. The topological polar surface area (TPSA) is 57.6 Å². The molecular weight excluding hydrogens is 268 g/mol. The monoisotopic (exact) mass is 283 g/mol. The van der Waals surface area contributed by atoms with Crippen molar-refractivity contribution in [3.8, 4) is 0 Å². The first-order valence-electron chi connectivity index (χ1n) is 6.32. The molecule has 0 bridgehead atoms. The van der Waals surface area contributed by atoms with Gasteiger partial charge in [-0.15, -0.1) is 0 Å². The molecule has 1 amide bonds. The zero-order valence-corrected chi connectivity index (χ0v) is 11.1. The van der Waals surface area contributed by atoms with Crippen molar-refractivity contribution >= 4 is 17.6 Å². The van der Waals surface area contributed by atoms with E-state index in [1.807, 2.05) is 0 Å². The summed E-state index contributed by atoms with van der Waals surface area (Å²) in [6.45, 7) is 3.27. The molecule has 3 atom stereocenters. The van der Waals surface area contributed by atoms with Crippen molar-refractivity contribution < 1.29 is 23.5 Å². The average molecular weight is 283 g/mol. The first kappa shape index (κ1) is 14.4. The van der Waals surface area contributed by atoms with Gasteiger partial charge in [0.15, 0.2) is 0 Å². The number of aliphatic carboxylic acids is 1. The van der Waals surface area contributed by atoms with Crippen molar-refractivity contribution in [2.75, 3.05) is 4.90 Å². The zero-order valence-electron chi connectivity index (χ0n) is 11.1. The van der Waals surface area contributed by atoms with Gasteiger partial charge in [-0.05, 0) is 25.0 Å². The van der Waals surface area contributed by atoms with E-state index >= 15 is 0 Å². The Kier molecular flexibility index (Phi) is 3.74. The summed E-state index contributed by atoms with van der Waals surface area (Å²) in [6, 6.07) is 2.11. The Labute approximate surface area is 115 Å². The van der Waals surface area contributed by atoms with Crippen molar-refractivity contribution in [3.05, 3.63) is 29.8 Å². The molecule has 1 aliphatic rings. The predicted octanol–water partition coefficient (Wildman–Crippen LogP) is 2.43. The summed E-state index contributed by atoms with van der Waals surface area (Å²) in [4.78, 5) is 24.6. The van der Waals surface area contributed by atoms with Crippen molar-refractivity contribution in [3.63, 3.8) is 0 Å². The van der Waals surface area contributed by atoms with Crippen LogP contribution in [0.15, 0.2) is 18.2 Å². The first-order valence-corrected chi connectivity index (χ1v) is 6.32. The summed E-state index contributed by atoms with van der Waals surface area (Å²) < 4.78 is 26.6. The normalized spacial score (nSPS) is 26.7. The number of carboxylic acid groups (broad SMARTS) is 1. The molecule has 1 fully saturated rings. The number of carboxylic acids is 1. The molecule has 0 aromatic heterocycles. The van der Waals surface area contributed by atoms with Gasteiger partial charge in [-0.25, -0.2) is 8.78 Å². The minimum Gasteiger partial charge on any atom is -0.481 e. The quantitative estimate of drug-likeness (QED) is 0.907. The molecule has 0 radical (unpaired) electrons. The summed E-state index contributed by atoms with van der Waals surface area (Å²) in [7, 11) is 0. The number of amides is 1. The fourth-order valence-corrected chi connectivity index (χ4v) is 2.87. The van der Waals surface area contributed by atoms with E-state index in [9.17, 15) is 23.5 Å². The van der Waals surface area contributed by atoms with Crippen molar-refractivity contribution in [1.29, 1.82) is 0 Å². The summed E-state index contributed by atoms with van der Waals surface area (Å²) >= 11 is 0. The Balaban J connectivity index is 2.43. The molecule has 0 spiro atoms. The average Bonchev–Trinajstić information content (AvgIpc) is 2.25. The number of hydrogen-bond donors (Lipinski definition) is 1. The molecule has 108 valence electrons. The Bertz CT molecular complexity index is 541. The summed E-state index contributed by atoms with van der Waals surface area (Å²) in [5, 5.41) is 9.25. The number of hydrogen-bond acceptors (Lipinski definition) is 2. The SMILES string of the molecule is CC1CC(=O)N(c2cc(F)cc(F)c2)C(C)C1C(=O)O. The Hall–Kier alpha value is -1.98. The number of piperidine rings is 1. The van der Waals surface area contributed by atoms with Crippen molar-refractivity contribution in [2.24, 2.45) is 11.8 Å². The fraction of sp³-hybridized carbons (Fsp3) is 0.429. The fourth-order valence-electron chi connectivity index (χ4n) is 2.87. The molecule has 0 aliphatic carbocycles. The van der Waals surface area contributed by atoms with Gasteiger partial charge in [-0.1, -0.05) is 6.92 Å². The molecule has 1 aliphatic heterocycles. The number of carbonyl (C=O) groups is 2. The van der Waals surface area contributed by atoms with Crippen molar-refractivity contribution in [2.45, 2.75) is 26.3 Å². The van der Waals surface area contributed by atoms with Gasteiger partial charge in [0.25, 0.3) is 0 Å². The highest BCUT2D eigenvalue weighted by Crippen LogP contribution is 2.34. The molecule has 1 N–H and O–H groups in total. The van der Waals surface area contributed by atoms with Gasteiger partial charge in [0, 0.05) is 24.2 Å². The second kappa shape index (κ2) is 5.19. The smallest absolute Gasteiger partial charge is 0.308 e. The van der Waals surface area contributed by atoms with E-state index in [2.05, 4.69) is 0 Å². The number of anilines is 1. The largest absolute Gasteiger partial charge is 0.481 e. The van der Waals surface area contributed by atoms with Crippen molar-refractivity contribution in [1.82, 2.24) is 0 Å². The summed E-state index contributed by atoms with van der Waals surface area (Å²) in [6.07, 6.45) is 0.0411. The minimum absolute atomic E-state index is 0.0411. The molecule has 1 aromatic carbocycles. The van der Waals surface area contributed by atoms with Crippen LogP contribution in [0.25, 0.3) is 0 Å². The van der Waals surface area contributed by atoms with Gasteiger partial charge in [0.2, 0.25) is 5.91 Å². The third kappa shape index (κ3) is 2.50. The van der Waals surface area contributed by atoms with E-state index in [4.69, 9.17) is 0 Å². The van der Waals surface area contributed by atoms with Crippen LogP contribution < -0.4 is 4.90 Å². The molecule has 1 aromatic rings. The van der Waals surface area contributed by atoms with E-state index in [-0.39, 0.29) is 23.9 Å². The lowest BCUT2D eigenvalue weighted by atomic mass is 9.80. The van der Waals surface area contributed by atoms with Gasteiger partial charge < -0.3 is 10.0 Å². The lowest BCUT2D eigenvalue weighted by Crippen LogP contribution is -2.53. The van der Waals surface area contributed by atoms with Crippen LogP contribution in [0.4, 0.5) is 14.5 Å². The highest BCUT2D eigenvalue weighted by atomic mass is 19.1. The standard InChI is InChI=1S/C14H15F2NO3/c1-7-3-12(18)17(8(2)13(7)14(19)20)11-5-9(15)4-10(16)6-11/h4-8,13H,3H2,1-2H3,(H,19,20). The highest BCUT2D eigenvalue weighted by molar-refractivity contribution is 5.96. The van der Waals surface area contributed by atoms with E-state index in [1.54, 1.807) is 13.8 Å². The molecule has 0 saturated carbocycles. The number of benzene rings is 1. The molecule has 6 heteroatoms. The van der Waals surface area contributed by atoms with Crippen LogP contribution in [0.1, 0.15) is 20.3 Å². The second-order valence-electron chi connectivity index (χ2n) is 5.18. The van der Waals surface area contributed by atoms with Gasteiger partial charge in [0.05, 0.1) is 5.92 Å². The Morgan fingerprint density at radius 3 is 2.30 bits per heavy atom. The molecule has 2 rings (SSSR count). The molecule has 4 nitrogen and oxygen atoms in total. The summed E-state index contributed by atoms with van der Waals surface area (Å²) in [5.41, 5.74) is 0.0538. The van der Waals surface area contributed by atoms with Gasteiger partial charge in [-0.2, -0.15) is 0 Å². The van der Waals surface area contributed by atoms with Crippen LogP contribution in [-0.2, 0) is 9.59 Å². The first-order chi connectivity index (χ1) is 9.31. The molecule has 1 saturated heterocycles. The van der Waals surface area contributed by atoms with Crippen LogP contribution >= 0.6 is 0 Å².